The van der Waals surface area contributed by atoms with Crippen molar-refractivity contribution in [3.63, 3.8) is 0 Å². The number of carbonyl (C=O) groups is 1. The summed E-state index contributed by atoms with van der Waals surface area (Å²) in [6.07, 6.45) is -4.81. The average Bonchev–Trinajstić information content (AvgIpc) is 2.37. The Balaban J connectivity index is 2.26. The number of benzene rings is 2. The van der Waals surface area contributed by atoms with Gasteiger partial charge in [-0.15, -0.1) is 0 Å². The van der Waals surface area contributed by atoms with E-state index in [1.165, 1.54) is 6.07 Å². The van der Waals surface area contributed by atoms with Gasteiger partial charge in [-0.3, -0.25) is 4.79 Å². The van der Waals surface area contributed by atoms with Crippen LogP contribution >= 0.6 is 0 Å². The molecule has 0 heterocycles. The molecule has 106 valence electrons. The highest BCUT2D eigenvalue weighted by atomic mass is 19.4. The minimum atomic E-state index is -4.81. The number of hydrogen-bond acceptors (Lipinski definition) is 2. The zero-order valence-electron chi connectivity index (χ0n) is 10.7. The van der Waals surface area contributed by atoms with Gasteiger partial charge < -0.3 is 11.1 Å². The molecule has 0 fully saturated rings. The topological polar surface area (TPSA) is 55.1 Å². The van der Waals surface area contributed by atoms with E-state index in [1.54, 1.807) is 24.3 Å². The van der Waals surface area contributed by atoms with Gasteiger partial charge in [0.15, 0.2) is 5.54 Å². The molecule has 0 aliphatic rings. The molecule has 3 nitrogen and oxygen atoms in total. The Hall–Kier alpha value is -2.08. The molecule has 1 amide bonds. The van der Waals surface area contributed by atoms with Crippen LogP contribution in [0.1, 0.15) is 6.92 Å². The summed E-state index contributed by atoms with van der Waals surface area (Å²) in [6.45, 7) is 0.642. The quantitative estimate of drug-likeness (QED) is 0.889. The molecule has 0 saturated heterocycles. The molecule has 3 N–H and O–H groups in total. The molecule has 2 aromatic rings. The number of nitrogens with one attached hydrogen (secondary N) is 1. The summed E-state index contributed by atoms with van der Waals surface area (Å²) < 4.78 is 38.0. The van der Waals surface area contributed by atoms with Crippen LogP contribution in [0.2, 0.25) is 0 Å². The Morgan fingerprint density at radius 1 is 1.10 bits per heavy atom. The molecule has 2 aromatic carbocycles. The fourth-order valence-corrected chi connectivity index (χ4v) is 1.66. The van der Waals surface area contributed by atoms with Crippen molar-refractivity contribution in [3.05, 3.63) is 42.5 Å². The third-order valence-corrected chi connectivity index (χ3v) is 3.07. The van der Waals surface area contributed by atoms with Crippen LogP contribution in [0, 0.1) is 0 Å². The van der Waals surface area contributed by atoms with E-state index in [0.29, 0.717) is 6.92 Å². The largest absolute Gasteiger partial charge is 0.415 e. The van der Waals surface area contributed by atoms with Crippen LogP contribution in [0.5, 0.6) is 0 Å². The molecule has 0 bridgehead atoms. The first-order chi connectivity index (χ1) is 9.22. The lowest BCUT2D eigenvalue weighted by Crippen LogP contribution is -2.59. The maximum atomic E-state index is 12.7. The van der Waals surface area contributed by atoms with Gasteiger partial charge in [-0.1, -0.05) is 30.3 Å². The second-order valence-electron chi connectivity index (χ2n) is 4.72. The Kier molecular flexibility index (Phi) is 3.43. The first-order valence-corrected chi connectivity index (χ1v) is 5.88. The Morgan fingerprint density at radius 3 is 2.30 bits per heavy atom. The molecular formula is C14H13F3N2O. The van der Waals surface area contributed by atoms with Crippen LogP contribution in [0.4, 0.5) is 18.9 Å². The Bertz CT molecular complexity index is 650. The van der Waals surface area contributed by atoms with Crippen LogP contribution in [0.3, 0.4) is 0 Å². The third kappa shape index (κ3) is 2.60. The van der Waals surface area contributed by atoms with Crippen molar-refractivity contribution in [2.45, 2.75) is 18.6 Å². The number of nitrogens with two attached hydrogens (primary N) is 1. The molecular weight excluding hydrogens is 269 g/mol. The number of hydrogen-bond donors (Lipinski definition) is 2. The molecule has 0 aliphatic carbocycles. The number of anilines is 1. The van der Waals surface area contributed by atoms with E-state index in [-0.39, 0.29) is 5.69 Å². The van der Waals surface area contributed by atoms with Gasteiger partial charge in [0.1, 0.15) is 0 Å². The summed E-state index contributed by atoms with van der Waals surface area (Å²) in [5.74, 6) is -1.29. The van der Waals surface area contributed by atoms with Crippen molar-refractivity contribution < 1.29 is 18.0 Å². The van der Waals surface area contributed by atoms with E-state index in [4.69, 9.17) is 5.73 Å². The van der Waals surface area contributed by atoms with Gasteiger partial charge in [0, 0.05) is 5.69 Å². The molecule has 1 unspecified atom stereocenters. The summed E-state index contributed by atoms with van der Waals surface area (Å²) in [4.78, 5) is 11.7. The number of alkyl halides is 3. The first-order valence-electron chi connectivity index (χ1n) is 5.88. The van der Waals surface area contributed by atoms with Gasteiger partial charge in [-0.25, -0.2) is 0 Å². The third-order valence-electron chi connectivity index (χ3n) is 3.07. The number of halogens is 3. The lowest BCUT2D eigenvalue weighted by molar-refractivity contribution is -0.184. The highest BCUT2D eigenvalue weighted by molar-refractivity contribution is 6.00. The monoisotopic (exact) mass is 282 g/mol. The SMILES string of the molecule is CC(N)(C(=O)Nc1ccc2ccccc2c1)C(F)(F)F. The fourth-order valence-electron chi connectivity index (χ4n) is 1.66. The second-order valence-corrected chi connectivity index (χ2v) is 4.72. The molecule has 1 atom stereocenters. The van der Waals surface area contributed by atoms with E-state index in [1.807, 2.05) is 12.1 Å². The van der Waals surface area contributed by atoms with Crippen LogP contribution in [0.25, 0.3) is 10.8 Å². The van der Waals surface area contributed by atoms with Gasteiger partial charge >= 0.3 is 6.18 Å². The lowest BCUT2D eigenvalue weighted by Gasteiger charge is -2.26. The van der Waals surface area contributed by atoms with Crippen molar-refractivity contribution in [2.75, 3.05) is 5.32 Å². The molecule has 2 rings (SSSR count). The van der Waals surface area contributed by atoms with E-state index in [0.717, 1.165) is 10.8 Å². The molecule has 0 aliphatic heterocycles. The zero-order valence-corrected chi connectivity index (χ0v) is 10.7. The van der Waals surface area contributed by atoms with Crippen molar-refractivity contribution in [3.8, 4) is 0 Å². The zero-order chi connectivity index (χ0) is 15.0. The van der Waals surface area contributed by atoms with E-state index in [2.05, 4.69) is 5.32 Å². The Morgan fingerprint density at radius 2 is 1.70 bits per heavy atom. The number of carbonyl (C=O) groups excluding carboxylic acids is 1. The van der Waals surface area contributed by atoms with Crippen molar-refractivity contribution in [1.29, 1.82) is 0 Å². The number of amides is 1. The standard InChI is InChI=1S/C14H13F3N2O/c1-13(18,14(15,16)17)12(20)19-11-7-6-9-4-2-3-5-10(9)8-11/h2-8H,18H2,1H3,(H,19,20). The highest BCUT2D eigenvalue weighted by Gasteiger charge is 2.53. The van der Waals surface area contributed by atoms with E-state index >= 15 is 0 Å². The van der Waals surface area contributed by atoms with Gasteiger partial charge in [0.25, 0.3) is 5.91 Å². The highest BCUT2D eigenvalue weighted by Crippen LogP contribution is 2.29. The molecule has 0 saturated carbocycles. The maximum absolute atomic E-state index is 12.7. The van der Waals surface area contributed by atoms with Crippen LogP contribution in [0.15, 0.2) is 42.5 Å². The van der Waals surface area contributed by atoms with Gasteiger partial charge in [0.05, 0.1) is 0 Å². The normalized spacial score (nSPS) is 14.8. The van der Waals surface area contributed by atoms with E-state index in [9.17, 15) is 18.0 Å². The predicted octanol–water partition coefficient (Wildman–Crippen LogP) is 3.06. The maximum Gasteiger partial charge on any atom is 0.415 e. The molecule has 0 aromatic heterocycles. The predicted molar refractivity (Wildman–Crippen MR) is 71.2 cm³/mol. The Labute approximate surface area is 113 Å². The fraction of sp³-hybridized carbons (Fsp3) is 0.214. The van der Waals surface area contributed by atoms with Crippen molar-refractivity contribution >= 4 is 22.4 Å². The summed E-state index contributed by atoms with van der Waals surface area (Å²) >= 11 is 0. The number of rotatable bonds is 2. The molecule has 0 spiro atoms. The molecule has 6 heteroatoms. The average molecular weight is 282 g/mol. The van der Waals surface area contributed by atoms with Gasteiger partial charge in [-0.05, 0) is 29.8 Å². The van der Waals surface area contributed by atoms with Gasteiger partial charge in [0.2, 0.25) is 0 Å². The smallest absolute Gasteiger partial charge is 0.324 e. The van der Waals surface area contributed by atoms with Crippen molar-refractivity contribution in [2.24, 2.45) is 5.73 Å². The lowest BCUT2D eigenvalue weighted by atomic mass is 10.0. The van der Waals surface area contributed by atoms with E-state index < -0.39 is 17.6 Å². The first kappa shape index (κ1) is 14.3. The summed E-state index contributed by atoms with van der Waals surface area (Å²) in [7, 11) is 0. The molecule has 20 heavy (non-hydrogen) atoms. The number of fused-ring (bicyclic) bond motifs is 1. The van der Waals surface area contributed by atoms with Crippen molar-refractivity contribution in [1.82, 2.24) is 0 Å². The van der Waals surface area contributed by atoms with Crippen LogP contribution < -0.4 is 11.1 Å². The second kappa shape index (κ2) is 4.79. The minimum absolute atomic E-state index is 0.273. The minimum Gasteiger partial charge on any atom is -0.324 e. The van der Waals surface area contributed by atoms with Crippen LogP contribution in [-0.2, 0) is 4.79 Å². The van der Waals surface area contributed by atoms with Crippen LogP contribution in [-0.4, -0.2) is 17.6 Å². The summed E-state index contributed by atoms with van der Waals surface area (Å²) in [5, 5.41) is 3.94. The summed E-state index contributed by atoms with van der Waals surface area (Å²) in [6, 6.07) is 12.2. The van der Waals surface area contributed by atoms with Gasteiger partial charge in [-0.2, -0.15) is 13.2 Å². The summed E-state index contributed by atoms with van der Waals surface area (Å²) in [5.41, 5.74) is 2.40. The molecule has 0 radical (unpaired) electrons.